The minimum absolute atomic E-state index is 0.0465. The van der Waals surface area contributed by atoms with E-state index in [1.807, 2.05) is 25.9 Å². The molecule has 0 radical (unpaired) electrons. The van der Waals surface area contributed by atoms with Crippen LogP contribution in [0.5, 0.6) is 0 Å². The predicted molar refractivity (Wildman–Crippen MR) is 68.2 cm³/mol. The van der Waals surface area contributed by atoms with E-state index < -0.39 is 0 Å². The molecule has 1 atom stereocenters. The van der Waals surface area contributed by atoms with E-state index in [4.69, 9.17) is 0 Å². The lowest BCUT2D eigenvalue weighted by Gasteiger charge is -2.13. The Labute approximate surface area is 102 Å². The Morgan fingerprint density at radius 1 is 1.47 bits per heavy atom. The first-order valence-corrected chi connectivity index (χ1v) is 5.61. The second kappa shape index (κ2) is 6.30. The summed E-state index contributed by atoms with van der Waals surface area (Å²) in [6.07, 6.45) is 3.17. The van der Waals surface area contributed by atoms with Crippen LogP contribution in [0.4, 0.5) is 4.39 Å². The van der Waals surface area contributed by atoms with Crippen molar-refractivity contribution in [2.45, 2.75) is 6.92 Å². The molecule has 17 heavy (non-hydrogen) atoms. The first-order valence-electron chi connectivity index (χ1n) is 5.61. The largest absolute Gasteiger partial charge is 0.309 e. The summed E-state index contributed by atoms with van der Waals surface area (Å²) in [6, 6.07) is 6.18. The Kier molecular flexibility index (Phi) is 5.04. The van der Waals surface area contributed by atoms with E-state index >= 15 is 0 Å². The van der Waals surface area contributed by atoms with Crippen molar-refractivity contribution < 1.29 is 9.18 Å². The van der Waals surface area contributed by atoms with Crippen LogP contribution in [0.15, 0.2) is 30.3 Å². The van der Waals surface area contributed by atoms with Crippen molar-refractivity contribution in [3.05, 3.63) is 41.7 Å². The zero-order valence-corrected chi connectivity index (χ0v) is 10.5. The van der Waals surface area contributed by atoms with E-state index in [2.05, 4.69) is 0 Å². The van der Waals surface area contributed by atoms with Gasteiger partial charge in [0.15, 0.2) is 5.78 Å². The molecule has 92 valence electrons. The molecule has 0 saturated heterocycles. The monoisotopic (exact) mass is 235 g/mol. The number of carbonyl (C=O) groups is 1. The van der Waals surface area contributed by atoms with Crippen molar-refractivity contribution in [2.75, 3.05) is 20.6 Å². The van der Waals surface area contributed by atoms with Crippen LogP contribution in [0, 0.1) is 11.7 Å². The summed E-state index contributed by atoms with van der Waals surface area (Å²) in [5.74, 6) is -0.279. The lowest BCUT2D eigenvalue weighted by atomic mass is 10.0. The number of carbonyl (C=O) groups excluding carboxylic acids is 1. The van der Waals surface area contributed by atoms with Gasteiger partial charge in [-0.05, 0) is 37.9 Å². The molecular formula is C14H18FNO. The minimum atomic E-state index is -0.291. The number of allylic oxidation sites excluding steroid dienone is 1. The molecule has 0 bridgehead atoms. The quantitative estimate of drug-likeness (QED) is 0.731. The molecule has 0 aliphatic carbocycles. The van der Waals surface area contributed by atoms with Crippen molar-refractivity contribution >= 4 is 11.9 Å². The van der Waals surface area contributed by atoms with Gasteiger partial charge in [-0.25, -0.2) is 4.39 Å². The minimum Gasteiger partial charge on any atom is -0.309 e. The molecule has 0 heterocycles. The Morgan fingerprint density at radius 2 is 2.18 bits per heavy atom. The molecule has 0 amide bonds. The molecule has 0 aliphatic rings. The zero-order chi connectivity index (χ0) is 12.8. The fourth-order valence-electron chi connectivity index (χ4n) is 1.59. The maximum atomic E-state index is 12.9. The summed E-state index contributed by atoms with van der Waals surface area (Å²) < 4.78 is 12.9. The maximum absolute atomic E-state index is 12.9. The standard InChI is InChI=1S/C14H18FNO/c1-11(10-16(2)3)14(17)8-7-12-5-4-6-13(15)9-12/h4-9,11H,10H2,1-3H3/b8-7-/t11-/m0/s1. The van der Waals surface area contributed by atoms with Gasteiger partial charge in [0.2, 0.25) is 0 Å². The van der Waals surface area contributed by atoms with Crippen LogP contribution in [-0.4, -0.2) is 31.3 Å². The van der Waals surface area contributed by atoms with Gasteiger partial charge in [0.05, 0.1) is 0 Å². The van der Waals surface area contributed by atoms with E-state index in [-0.39, 0.29) is 17.5 Å². The highest BCUT2D eigenvalue weighted by Gasteiger charge is 2.10. The van der Waals surface area contributed by atoms with Crippen LogP contribution in [0.3, 0.4) is 0 Å². The third kappa shape index (κ3) is 4.91. The van der Waals surface area contributed by atoms with Crippen molar-refractivity contribution in [1.29, 1.82) is 0 Å². The van der Waals surface area contributed by atoms with Crippen LogP contribution in [0.25, 0.3) is 6.08 Å². The fourth-order valence-corrected chi connectivity index (χ4v) is 1.59. The van der Waals surface area contributed by atoms with Gasteiger partial charge in [0.25, 0.3) is 0 Å². The summed E-state index contributed by atoms with van der Waals surface area (Å²) in [5, 5.41) is 0. The van der Waals surface area contributed by atoms with Crippen LogP contribution in [0.2, 0.25) is 0 Å². The number of hydrogen-bond acceptors (Lipinski definition) is 2. The highest BCUT2D eigenvalue weighted by molar-refractivity contribution is 5.95. The third-order valence-corrected chi connectivity index (χ3v) is 2.41. The van der Waals surface area contributed by atoms with Gasteiger partial charge in [0.1, 0.15) is 5.82 Å². The van der Waals surface area contributed by atoms with Crippen LogP contribution in [0.1, 0.15) is 12.5 Å². The van der Waals surface area contributed by atoms with Gasteiger partial charge in [-0.1, -0.05) is 25.1 Å². The predicted octanol–water partition coefficient (Wildman–Crippen LogP) is 2.61. The van der Waals surface area contributed by atoms with Gasteiger partial charge < -0.3 is 4.90 Å². The number of ketones is 1. The van der Waals surface area contributed by atoms with Gasteiger partial charge in [-0.15, -0.1) is 0 Å². The Bertz CT molecular complexity index is 412. The first kappa shape index (κ1) is 13.6. The molecule has 0 aromatic heterocycles. The number of halogens is 1. The smallest absolute Gasteiger partial charge is 0.159 e. The molecule has 0 fully saturated rings. The molecule has 0 aliphatic heterocycles. The number of rotatable bonds is 5. The Hall–Kier alpha value is -1.48. The lowest BCUT2D eigenvalue weighted by Crippen LogP contribution is -2.24. The average Bonchev–Trinajstić information content (AvgIpc) is 2.25. The number of hydrogen-bond donors (Lipinski definition) is 0. The van der Waals surface area contributed by atoms with E-state index in [0.717, 1.165) is 0 Å². The van der Waals surface area contributed by atoms with Crippen LogP contribution < -0.4 is 0 Å². The SMILES string of the molecule is C[C@@H](CN(C)C)C(=O)/C=C\c1cccc(F)c1. The normalized spacial score (nSPS) is 13.2. The van der Waals surface area contributed by atoms with Gasteiger partial charge in [-0.2, -0.15) is 0 Å². The van der Waals surface area contributed by atoms with E-state index in [9.17, 15) is 9.18 Å². The fraction of sp³-hybridized carbons (Fsp3) is 0.357. The van der Waals surface area contributed by atoms with Crippen molar-refractivity contribution in [2.24, 2.45) is 5.92 Å². The molecule has 1 aromatic rings. The lowest BCUT2D eigenvalue weighted by molar-refractivity contribution is -0.118. The van der Waals surface area contributed by atoms with Crippen molar-refractivity contribution in [3.8, 4) is 0 Å². The van der Waals surface area contributed by atoms with E-state index in [1.165, 1.54) is 18.2 Å². The molecule has 0 unspecified atom stereocenters. The Morgan fingerprint density at radius 3 is 2.76 bits per heavy atom. The van der Waals surface area contributed by atoms with E-state index in [0.29, 0.717) is 12.1 Å². The molecule has 0 spiro atoms. The maximum Gasteiger partial charge on any atom is 0.159 e. The first-order chi connectivity index (χ1) is 7.99. The number of benzene rings is 1. The average molecular weight is 235 g/mol. The van der Waals surface area contributed by atoms with Crippen LogP contribution in [-0.2, 0) is 4.79 Å². The third-order valence-electron chi connectivity index (χ3n) is 2.41. The second-order valence-corrected chi connectivity index (χ2v) is 4.45. The molecule has 1 rings (SSSR count). The van der Waals surface area contributed by atoms with Gasteiger partial charge >= 0.3 is 0 Å². The molecule has 3 heteroatoms. The highest BCUT2D eigenvalue weighted by Crippen LogP contribution is 2.07. The summed E-state index contributed by atoms with van der Waals surface area (Å²) in [4.78, 5) is 13.7. The summed E-state index contributed by atoms with van der Waals surface area (Å²) >= 11 is 0. The molecule has 2 nitrogen and oxygen atoms in total. The second-order valence-electron chi connectivity index (χ2n) is 4.45. The number of nitrogens with zero attached hydrogens (tertiary/aromatic N) is 1. The van der Waals surface area contributed by atoms with Crippen molar-refractivity contribution in [3.63, 3.8) is 0 Å². The summed E-state index contributed by atoms with van der Waals surface area (Å²) in [7, 11) is 3.86. The van der Waals surface area contributed by atoms with Crippen LogP contribution >= 0.6 is 0 Å². The van der Waals surface area contributed by atoms with Gasteiger partial charge in [0, 0.05) is 12.5 Å². The van der Waals surface area contributed by atoms with E-state index in [1.54, 1.807) is 18.2 Å². The molecule has 0 N–H and O–H groups in total. The summed E-state index contributed by atoms with van der Waals surface area (Å²) in [5.41, 5.74) is 0.704. The molecule has 0 saturated carbocycles. The summed E-state index contributed by atoms with van der Waals surface area (Å²) in [6.45, 7) is 2.60. The topological polar surface area (TPSA) is 20.3 Å². The zero-order valence-electron chi connectivity index (χ0n) is 10.5. The molecule has 1 aromatic carbocycles. The Balaban J connectivity index is 2.62. The molecular weight excluding hydrogens is 217 g/mol. The van der Waals surface area contributed by atoms with Crippen molar-refractivity contribution in [1.82, 2.24) is 4.90 Å². The van der Waals surface area contributed by atoms with Gasteiger partial charge in [-0.3, -0.25) is 4.79 Å². The highest BCUT2D eigenvalue weighted by atomic mass is 19.1.